The second kappa shape index (κ2) is 9.10. The summed E-state index contributed by atoms with van der Waals surface area (Å²) in [5.74, 6) is -1.66. The Bertz CT molecular complexity index is 915. The Labute approximate surface area is 155 Å². The predicted molar refractivity (Wildman–Crippen MR) is 94.2 cm³/mol. The summed E-state index contributed by atoms with van der Waals surface area (Å²) in [6, 6.07) is 10.8. The monoisotopic (exact) mass is 396 g/mol. The summed E-state index contributed by atoms with van der Waals surface area (Å²) in [4.78, 5) is 23.0. The van der Waals surface area contributed by atoms with Crippen molar-refractivity contribution in [3.05, 3.63) is 54.3 Å². The molecular weight excluding hydrogens is 379 g/mol. The number of nitrogens with one attached hydrogen (secondary N) is 2. The van der Waals surface area contributed by atoms with Gasteiger partial charge in [0.05, 0.1) is 12.0 Å². The van der Waals surface area contributed by atoms with Gasteiger partial charge in [-0.05, 0) is 42.5 Å². The first kappa shape index (κ1) is 20.3. The number of carbonyl (C=O) groups excluding carboxylic acids is 2. The molecule has 0 saturated carbocycles. The minimum atomic E-state index is -4.07. The van der Waals surface area contributed by atoms with Gasteiger partial charge in [-0.3, -0.25) is 9.59 Å². The van der Waals surface area contributed by atoms with E-state index in [0.29, 0.717) is 11.4 Å². The highest BCUT2D eigenvalue weighted by molar-refractivity contribution is 7.89. The average Bonchev–Trinajstić information content (AvgIpc) is 2.65. The standard InChI is InChI=1S/C17H17FN2O6S/c1-25-14-7-5-13(6-8-14)20-16(21)11-26-17(22)10-19-27(23,24)15-4-2-3-12(18)9-15/h2-9,19H,10-11H2,1H3,(H,20,21). The van der Waals surface area contributed by atoms with Crippen molar-refractivity contribution in [1.29, 1.82) is 0 Å². The summed E-state index contributed by atoms with van der Waals surface area (Å²) in [5.41, 5.74) is 0.476. The highest BCUT2D eigenvalue weighted by atomic mass is 32.2. The third-order valence-electron chi connectivity index (χ3n) is 3.25. The first-order chi connectivity index (χ1) is 12.8. The van der Waals surface area contributed by atoms with Crippen LogP contribution in [0, 0.1) is 5.82 Å². The predicted octanol–water partition coefficient (Wildman–Crippen LogP) is 1.29. The van der Waals surface area contributed by atoms with E-state index in [-0.39, 0.29) is 4.90 Å². The number of esters is 1. The molecule has 0 bridgehead atoms. The van der Waals surface area contributed by atoms with Gasteiger partial charge in [0, 0.05) is 5.69 Å². The van der Waals surface area contributed by atoms with Crippen LogP contribution < -0.4 is 14.8 Å². The van der Waals surface area contributed by atoms with Gasteiger partial charge >= 0.3 is 5.97 Å². The number of hydrogen-bond acceptors (Lipinski definition) is 6. The second-order valence-electron chi connectivity index (χ2n) is 5.22. The van der Waals surface area contributed by atoms with Crippen LogP contribution in [0.25, 0.3) is 0 Å². The Morgan fingerprint density at radius 3 is 2.44 bits per heavy atom. The summed E-state index contributed by atoms with van der Waals surface area (Å²) in [6.45, 7) is -1.29. The molecule has 0 saturated heterocycles. The van der Waals surface area contributed by atoms with Crippen molar-refractivity contribution in [2.45, 2.75) is 4.90 Å². The van der Waals surface area contributed by atoms with Crippen LogP contribution >= 0.6 is 0 Å². The fourth-order valence-electron chi connectivity index (χ4n) is 1.94. The van der Waals surface area contributed by atoms with Crippen LogP contribution in [0.5, 0.6) is 5.75 Å². The topological polar surface area (TPSA) is 111 Å². The Morgan fingerprint density at radius 1 is 1.11 bits per heavy atom. The minimum absolute atomic E-state index is 0.326. The molecule has 0 spiro atoms. The molecule has 0 atom stereocenters. The molecule has 10 heteroatoms. The summed E-state index contributed by atoms with van der Waals surface area (Å²) in [5, 5.41) is 2.50. The number of methoxy groups -OCH3 is 1. The smallest absolute Gasteiger partial charge is 0.321 e. The highest BCUT2D eigenvalue weighted by Gasteiger charge is 2.17. The molecule has 0 fully saturated rings. The molecule has 144 valence electrons. The zero-order valence-electron chi connectivity index (χ0n) is 14.3. The second-order valence-corrected chi connectivity index (χ2v) is 6.99. The summed E-state index contributed by atoms with van der Waals surface area (Å²) >= 11 is 0. The van der Waals surface area contributed by atoms with Crippen LogP contribution in [0.3, 0.4) is 0 Å². The van der Waals surface area contributed by atoms with E-state index in [1.54, 1.807) is 24.3 Å². The van der Waals surface area contributed by atoms with Crippen molar-refractivity contribution in [2.24, 2.45) is 0 Å². The van der Waals surface area contributed by atoms with Crippen molar-refractivity contribution >= 4 is 27.6 Å². The number of ether oxygens (including phenoxy) is 2. The van der Waals surface area contributed by atoms with Gasteiger partial charge in [0.15, 0.2) is 6.61 Å². The van der Waals surface area contributed by atoms with E-state index >= 15 is 0 Å². The van der Waals surface area contributed by atoms with Gasteiger partial charge in [-0.25, -0.2) is 12.8 Å². The molecule has 8 nitrogen and oxygen atoms in total. The lowest BCUT2D eigenvalue weighted by Crippen LogP contribution is -2.32. The summed E-state index contributed by atoms with van der Waals surface area (Å²) in [6.07, 6.45) is 0. The first-order valence-corrected chi connectivity index (χ1v) is 9.13. The van der Waals surface area contributed by atoms with Gasteiger partial charge in [-0.1, -0.05) is 6.07 Å². The third-order valence-corrected chi connectivity index (χ3v) is 4.65. The van der Waals surface area contributed by atoms with Crippen LogP contribution in [0.2, 0.25) is 0 Å². The maximum atomic E-state index is 13.1. The number of carbonyl (C=O) groups is 2. The fraction of sp³-hybridized carbons (Fsp3) is 0.176. The van der Waals surface area contributed by atoms with Crippen LogP contribution in [-0.2, 0) is 24.3 Å². The van der Waals surface area contributed by atoms with Gasteiger partial charge in [-0.15, -0.1) is 0 Å². The van der Waals surface area contributed by atoms with Crippen molar-refractivity contribution in [1.82, 2.24) is 4.72 Å². The normalized spacial score (nSPS) is 10.9. The van der Waals surface area contributed by atoms with E-state index in [1.165, 1.54) is 19.2 Å². The van der Waals surface area contributed by atoms with Crippen molar-refractivity contribution in [2.75, 3.05) is 25.6 Å². The summed E-state index contributed by atoms with van der Waals surface area (Å²) < 4.78 is 48.6. The van der Waals surface area contributed by atoms with Crippen LogP contribution in [-0.4, -0.2) is 40.6 Å². The van der Waals surface area contributed by atoms with E-state index < -0.39 is 40.9 Å². The highest BCUT2D eigenvalue weighted by Crippen LogP contribution is 2.14. The lowest BCUT2D eigenvalue weighted by Gasteiger charge is -2.08. The van der Waals surface area contributed by atoms with Gasteiger partial charge in [0.1, 0.15) is 18.1 Å². The van der Waals surface area contributed by atoms with E-state index in [1.807, 2.05) is 4.72 Å². The molecule has 27 heavy (non-hydrogen) atoms. The SMILES string of the molecule is COc1ccc(NC(=O)COC(=O)CNS(=O)(=O)c2cccc(F)c2)cc1. The summed E-state index contributed by atoms with van der Waals surface area (Å²) in [7, 11) is -2.57. The molecule has 0 unspecified atom stereocenters. The minimum Gasteiger partial charge on any atom is -0.497 e. The van der Waals surface area contributed by atoms with Crippen molar-refractivity contribution < 1.29 is 31.9 Å². The lowest BCUT2D eigenvalue weighted by molar-refractivity contribution is -0.146. The van der Waals surface area contributed by atoms with E-state index in [2.05, 4.69) is 5.32 Å². The molecule has 2 aromatic rings. The Kier molecular flexibility index (Phi) is 6.85. The number of anilines is 1. The van der Waals surface area contributed by atoms with E-state index in [4.69, 9.17) is 9.47 Å². The molecule has 0 aromatic heterocycles. The zero-order chi connectivity index (χ0) is 19.9. The van der Waals surface area contributed by atoms with Crippen molar-refractivity contribution in [3.63, 3.8) is 0 Å². The molecule has 0 aliphatic carbocycles. The largest absolute Gasteiger partial charge is 0.497 e. The third kappa shape index (κ3) is 6.35. The molecular formula is C17H17FN2O6S. The van der Waals surface area contributed by atoms with E-state index in [9.17, 15) is 22.4 Å². The van der Waals surface area contributed by atoms with Crippen LogP contribution in [0.1, 0.15) is 0 Å². The first-order valence-electron chi connectivity index (χ1n) is 7.65. The van der Waals surface area contributed by atoms with Gasteiger partial charge < -0.3 is 14.8 Å². The molecule has 0 aliphatic rings. The van der Waals surface area contributed by atoms with E-state index in [0.717, 1.165) is 12.1 Å². The van der Waals surface area contributed by atoms with Gasteiger partial charge in [0.25, 0.3) is 5.91 Å². The lowest BCUT2D eigenvalue weighted by atomic mass is 10.3. The molecule has 2 rings (SSSR count). The maximum Gasteiger partial charge on any atom is 0.321 e. The Morgan fingerprint density at radius 2 is 1.81 bits per heavy atom. The quantitative estimate of drug-likeness (QED) is 0.651. The number of amides is 1. The average molecular weight is 396 g/mol. The van der Waals surface area contributed by atoms with Gasteiger partial charge in [0.2, 0.25) is 10.0 Å². The van der Waals surface area contributed by atoms with Gasteiger partial charge in [-0.2, -0.15) is 4.72 Å². The molecule has 0 aliphatic heterocycles. The number of sulfonamides is 1. The van der Waals surface area contributed by atoms with Crippen LogP contribution in [0.15, 0.2) is 53.4 Å². The Hall–Kier alpha value is -2.98. The van der Waals surface area contributed by atoms with Crippen LogP contribution in [0.4, 0.5) is 10.1 Å². The number of halogens is 1. The molecule has 2 aromatic carbocycles. The molecule has 0 radical (unpaired) electrons. The fourth-order valence-corrected chi connectivity index (χ4v) is 2.94. The number of rotatable bonds is 8. The number of benzene rings is 2. The van der Waals surface area contributed by atoms with Crippen molar-refractivity contribution in [3.8, 4) is 5.75 Å². The molecule has 2 N–H and O–H groups in total. The molecule has 0 heterocycles. The zero-order valence-corrected chi connectivity index (χ0v) is 15.1. The Balaban J connectivity index is 1.79. The molecule has 1 amide bonds. The maximum absolute atomic E-state index is 13.1. The number of hydrogen-bond donors (Lipinski definition) is 2.